The maximum absolute atomic E-state index is 6.37. The molecule has 0 atom stereocenters. The maximum Gasteiger partial charge on any atom is 0.242 e. The fourth-order valence-corrected chi connectivity index (χ4v) is 3.44. The molecule has 6 heteroatoms. The van der Waals surface area contributed by atoms with Gasteiger partial charge in [-0.15, -0.1) is 0 Å². The molecule has 0 radical (unpaired) electrons. The SMILES string of the molecule is Nc1c(NN(c2ccccc2)c2ccccc2)ncnc1OC1CCCCC1. The lowest BCUT2D eigenvalue weighted by Gasteiger charge is -2.27. The van der Waals surface area contributed by atoms with Crippen LogP contribution in [0.2, 0.25) is 0 Å². The summed E-state index contributed by atoms with van der Waals surface area (Å²) < 4.78 is 6.09. The Hall–Kier alpha value is -3.28. The number of hydrazine groups is 1. The van der Waals surface area contributed by atoms with Crippen LogP contribution in [0, 0.1) is 0 Å². The molecule has 1 aromatic heterocycles. The lowest BCUT2D eigenvalue weighted by atomic mass is 9.98. The highest BCUT2D eigenvalue weighted by atomic mass is 16.5. The molecule has 2 aromatic carbocycles. The van der Waals surface area contributed by atoms with Crippen LogP contribution in [0.25, 0.3) is 0 Å². The molecule has 28 heavy (non-hydrogen) atoms. The molecular weight excluding hydrogens is 350 g/mol. The minimum Gasteiger partial charge on any atom is -0.473 e. The number of hydrogen-bond donors (Lipinski definition) is 2. The van der Waals surface area contributed by atoms with Crippen LogP contribution in [0.1, 0.15) is 32.1 Å². The van der Waals surface area contributed by atoms with Crippen molar-refractivity contribution in [2.75, 3.05) is 16.2 Å². The van der Waals surface area contributed by atoms with E-state index in [4.69, 9.17) is 10.5 Å². The van der Waals surface area contributed by atoms with Gasteiger partial charge in [-0.3, -0.25) is 10.4 Å². The Morgan fingerprint density at radius 3 is 2.07 bits per heavy atom. The van der Waals surface area contributed by atoms with Crippen LogP contribution >= 0.6 is 0 Å². The number of rotatable bonds is 6. The number of aromatic nitrogens is 2. The molecule has 4 rings (SSSR count). The van der Waals surface area contributed by atoms with Crippen molar-refractivity contribution in [2.24, 2.45) is 0 Å². The van der Waals surface area contributed by atoms with Gasteiger partial charge in [-0.05, 0) is 49.9 Å². The summed E-state index contributed by atoms with van der Waals surface area (Å²) in [6.07, 6.45) is 7.42. The van der Waals surface area contributed by atoms with E-state index < -0.39 is 0 Å². The second-order valence-corrected chi connectivity index (χ2v) is 6.94. The molecular formula is C22H25N5O. The van der Waals surface area contributed by atoms with Crippen LogP contribution < -0.4 is 20.9 Å². The summed E-state index contributed by atoms with van der Waals surface area (Å²) in [5, 5.41) is 1.95. The number of nitrogens with zero attached hydrogens (tertiary/aromatic N) is 3. The summed E-state index contributed by atoms with van der Waals surface area (Å²) >= 11 is 0. The van der Waals surface area contributed by atoms with Gasteiger partial charge in [0.25, 0.3) is 0 Å². The van der Waals surface area contributed by atoms with E-state index in [0.717, 1.165) is 24.2 Å². The molecule has 1 aliphatic carbocycles. The summed E-state index contributed by atoms with van der Waals surface area (Å²) in [7, 11) is 0. The molecule has 1 heterocycles. The fraction of sp³-hybridized carbons (Fsp3) is 0.273. The number of para-hydroxylation sites is 2. The Morgan fingerprint density at radius 2 is 1.46 bits per heavy atom. The third-order valence-electron chi connectivity index (χ3n) is 4.92. The van der Waals surface area contributed by atoms with Crippen molar-refractivity contribution in [3.8, 4) is 5.88 Å². The van der Waals surface area contributed by atoms with E-state index in [1.807, 2.05) is 65.7 Å². The van der Waals surface area contributed by atoms with E-state index in [1.54, 1.807) is 0 Å². The number of ether oxygens (including phenoxy) is 1. The number of benzene rings is 2. The third-order valence-corrected chi connectivity index (χ3v) is 4.92. The highest BCUT2D eigenvalue weighted by molar-refractivity contribution is 5.73. The van der Waals surface area contributed by atoms with Crippen LogP contribution in [0.3, 0.4) is 0 Å². The molecule has 0 amide bonds. The van der Waals surface area contributed by atoms with Gasteiger partial charge in [-0.2, -0.15) is 4.98 Å². The Kier molecular flexibility index (Phi) is 5.56. The lowest BCUT2D eigenvalue weighted by Crippen LogP contribution is -2.26. The summed E-state index contributed by atoms with van der Waals surface area (Å²) in [6, 6.07) is 20.1. The highest BCUT2D eigenvalue weighted by Gasteiger charge is 2.19. The molecule has 0 spiro atoms. The predicted molar refractivity (Wildman–Crippen MR) is 113 cm³/mol. The minimum atomic E-state index is 0.179. The molecule has 1 saturated carbocycles. The van der Waals surface area contributed by atoms with E-state index in [1.165, 1.54) is 25.6 Å². The zero-order valence-corrected chi connectivity index (χ0v) is 15.8. The number of nitrogen functional groups attached to an aromatic ring is 1. The summed E-state index contributed by atoms with van der Waals surface area (Å²) in [5.74, 6) is 0.971. The van der Waals surface area contributed by atoms with Gasteiger partial charge in [-0.1, -0.05) is 42.8 Å². The van der Waals surface area contributed by atoms with Crippen molar-refractivity contribution < 1.29 is 4.74 Å². The second kappa shape index (κ2) is 8.61. The van der Waals surface area contributed by atoms with E-state index in [2.05, 4.69) is 15.4 Å². The molecule has 0 saturated heterocycles. The van der Waals surface area contributed by atoms with Gasteiger partial charge >= 0.3 is 0 Å². The normalized spacial score (nSPS) is 14.4. The average molecular weight is 375 g/mol. The first-order valence-corrected chi connectivity index (χ1v) is 9.75. The zero-order valence-electron chi connectivity index (χ0n) is 15.8. The van der Waals surface area contributed by atoms with Crippen molar-refractivity contribution in [1.82, 2.24) is 9.97 Å². The first-order chi connectivity index (χ1) is 13.8. The molecule has 1 fully saturated rings. The van der Waals surface area contributed by atoms with Crippen LogP contribution in [0.15, 0.2) is 67.0 Å². The Bertz CT molecular complexity index is 842. The first kappa shape index (κ1) is 18.1. The topological polar surface area (TPSA) is 76.3 Å². The van der Waals surface area contributed by atoms with Gasteiger partial charge in [0, 0.05) is 0 Å². The second-order valence-electron chi connectivity index (χ2n) is 6.94. The molecule has 6 nitrogen and oxygen atoms in total. The average Bonchev–Trinajstić information content (AvgIpc) is 2.76. The number of anilines is 4. The summed E-state index contributed by atoms with van der Waals surface area (Å²) in [6.45, 7) is 0. The quantitative estimate of drug-likeness (QED) is 0.595. The number of nitrogens with two attached hydrogens (primary N) is 1. The van der Waals surface area contributed by atoms with Gasteiger partial charge < -0.3 is 10.5 Å². The van der Waals surface area contributed by atoms with Crippen molar-refractivity contribution in [3.05, 3.63) is 67.0 Å². The fourth-order valence-electron chi connectivity index (χ4n) is 3.44. The number of hydrogen-bond acceptors (Lipinski definition) is 6. The molecule has 144 valence electrons. The van der Waals surface area contributed by atoms with Crippen molar-refractivity contribution >= 4 is 22.9 Å². The smallest absolute Gasteiger partial charge is 0.242 e. The van der Waals surface area contributed by atoms with E-state index in [0.29, 0.717) is 17.4 Å². The largest absolute Gasteiger partial charge is 0.473 e. The van der Waals surface area contributed by atoms with Gasteiger partial charge in [-0.25, -0.2) is 4.98 Å². The predicted octanol–water partition coefficient (Wildman–Crippen LogP) is 4.94. The number of nitrogens with one attached hydrogen (secondary N) is 1. The van der Waals surface area contributed by atoms with Crippen LogP contribution in [-0.4, -0.2) is 16.1 Å². The molecule has 0 unspecified atom stereocenters. The molecule has 0 aliphatic heterocycles. The van der Waals surface area contributed by atoms with Crippen LogP contribution in [0.4, 0.5) is 22.9 Å². The third kappa shape index (κ3) is 4.17. The van der Waals surface area contributed by atoms with Crippen LogP contribution in [0.5, 0.6) is 5.88 Å². The molecule has 3 aromatic rings. The lowest BCUT2D eigenvalue weighted by molar-refractivity contribution is 0.149. The first-order valence-electron chi connectivity index (χ1n) is 9.75. The molecule has 3 N–H and O–H groups in total. The highest BCUT2D eigenvalue weighted by Crippen LogP contribution is 2.32. The summed E-state index contributed by atoms with van der Waals surface area (Å²) in [5.41, 5.74) is 12.1. The Morgan fingerprint density at radius 1 is 0.857 bits per heavy atom. The Labute approximate surface area is 165 Å². The van der Waals surface area contributed by atoms with Crippen molar-refractivity contribution in [3.63, 3.8) is 0 Å². The van der Waals surface area contributed by atoms with Gasteiger partial charge in [0.05, 0.1) is 11.4 Å². The molecule has 0 bridgehead atoms. The van der Waals surface area contributed by atoms with Gasteiger partial charge in [0.2, 0.25) is 5.88 Å². The van der Waals surface area contributed by atoms with Crippen LogP contribution in [-0.2, 0) is 0 Å². The van der Waals surface area contributed by atoms with E-state index >= 15 is 0 Å². The van der Waals surface area contributed by atoms with Crippen molar-refractivity contribution in [2.45, 2.75) is 38.2 Å². The van der Waals surface area contributed by atoms with Gasteiger partial charge in [0.15, 0.2) is 5.82 Å². The minimum absolute atomic E-state index is 0.179. The van der Waals surface area contributed by atoms with Gasteiger partial charge in [0.1, 0.15) is 18.1 Å². The summed E-state index contributed by atoms with van der Waals surface area (Å²) in [4.78, 5) is 8.62. The standard InChI is InChI=1S/C22H25N5O/c23-20-21(24-16-25-22(20)28-19-14-8-3-9-15-19)26-27(17-10-4-1-5-11-17)18-12-6-2-7-13-18/h1-2,4-7,10-13,16,19H,3,8-9,14-15,23H2,(H,24,25,26). The molecule has 1 aliphatic rings. The van der Waals surface area contributed by atoms with E-state index in [-0.39, 0.29) is 6.10 Å². The van der Waals surface area contributed by atoms with Crippen molar-refractivity contribution in [1.29, 1.82) is 0 Å². The maximum atomic E-state index is 6.37. The zero-order chi connectivity index (χ0) is 19.2. The van der Waals surface area contributed by atoms with E-state index in [9.17, 15) is 0 Å². The monoisotopic (exact) mass is 375 g/mol. The Balaban J connectivity index is 1.61.